The maximum atomic E-state index is 12.3. The maximum absolute atomic E-state index is 12.3. The van der Waals surface area contributed by atoms with E-state index in [2.05, 4.69) is 30.4 Å². The zero-order valence-electron chi connectivity index (χ0n) is 22.7. The number of benzene rings is 4. The number of anilines is 3. The largest absolute Gasteiger partial charge is 0.507 e. The monoisotopic (exact) mass is 645 g/mol. The Morgan fingerprint density at radius 1 is 0.750 bits per heavy atom. The zero-order chi connectivity index (χ0) is 31.9. The van der Waals surface area contributed by atoms with Crippen LogP contribution in [0.15, 0.2) is 83.0 Å². The van der Waals surface area contributed by atoms with Gasteiger partial charge in [-0.15, -0.1) is 10.2 Å². The molecule has 4 rings (SSSR count). The van der Waals surface area contributed by atoms with Crippen molar-refractivity contribution in [2.24, 2.45) is 10.2 Å². The molecule has 0 saturated carbocycles. The van der Waals surface area contributed by atoms with Crippen LogP contribution >= 0.6 is 0 Å². The molecule has 0 atom stereocenters. The van der Waals surface area contributed by atoms with E-state index in [1.54, 1.807) is 42.5 Å². The molecule has 17 heteroatoms. The van der Waals surface area contributed by atoms with Gasteiger partial charge in [-0.1, -0.05) is 30.3 Å². The fourth-order valence-electron chi connectivity index (χ4n) is 3.93. The molecule has 0 saturated heterocycles. The molecule has 0 aliphatic heterocycles. The van der Waals surface area contributed by atoms with Gasteiger partial charge in [-0.25, -0.2) is 17.4 Å². The van der Waals surface area contributed by atoms with E-state index in [4.69, 9.17) is 4.55 Å². The molecule has 0 radical (unpaired) electrons. The van der Waals surface area contributed by atoms with Crippen molar-refractivity contribution in [1.82, 2.24) is 5.32 Å². The van der Waals surface area contributed by atoms with Gasteiger partial charge >= 0.3 is 16.4 Å². The number of hydrogen-bond donors (Lipinski definition) is 7. The molecule has 7 N–H and O–H groups in total. The van der Waals surface area contributed by atoms with Gasteiger partial charge in [0, 0.05) is 17.3 Å². The van der Waals surface area contributed by atoms with Crippen molar-refractivity contribution in [3.63, 3.8) is 0 Å². The smallest absolute Gasteiger partial charge is 0.397 e. The molecule has 0 spiro atoms. The highest BCUT2D eigenvalue weighted by atomic mass is 32.3. The Labute approximate surface area is 251 Å². The quantitative estimate of drug-likeness (QED) is 0.0644. The third-order valence-electron chi connectivity index (χ3n) is 6.03. The molecule has 0 unspecified atom stereocenters. The first-order chi connectivity index (χ1) is 20.8. The lowest BCUT2D eigenvalue weighted by atomic mass is 10.1. The summed E-state index contributed by atoms with van der Waals surface area (Å²) in [4.78, 5) is 12.3. The molecule has 0 aromatic heterocycles. The Morgan fingerprint density at radius 2 is 1.45 bits per heavy atom. The number of para-hydroxylation sites is 3. The molecule has 0 heterocycles. The van der Waals surface area contributed by atoms with Gasteiger partial charge in [0.15, 0.2) is 15.6 Å². The molecule has 44 heavy (non-hydrogen) atoms. The number of hydrogen-bond acceptors (Lipinski definition) is 12. The van der Waals surface area contributed by atoms with Crippen LogP contribution in [0.25, 0.3) is 10.8 Å². The SMILES string of the molecule is O=C(NCCS(=O)(=O)CCOS(=O)(=O)O)Nc1cccc(N=Nc2c(Nc3ccccc3O)ccc3c(O)cccc23)c1O. The lowest BCUT2D eigenvalue weighted by Crippen LogP contribution is -2.33. The fraction of sp³-hybridized carbons (Fsp3) is 0.148. The van der Waals surface area contributed by atoms with Crippen LogP contribution in [-0.4, -0.2) is 67.4 Å². The van der Waals surface area contributed by atoms with Crippen LogP contribution in [0, 0.1) is 0 Å². The van der Waals surface area contributed by atoms with Gasteiger partial charge in [-0.05, 0) is 42.5 Å². The molecule has 2 amide bonds. The predicted molar refractivity (Wildman–Crippen MR) is 162 cm³/mol. The maximum Gasteiger partial charge on any atom is 0.397 e. The Bertz CT molecular complexity index is 1930. The predicted octanol–water partition coefficient (Wildman–Crippen LogP) is 4.47. The highest BCUT2D eigenvalue weighted by molar-refractivity contribution is 7.91. The third-order valence-corrected chi connectivity index (χ3v) is 8.11. The van der Waals surface area contributed by atoms with Gasteiger partial charge in [0.25, 0.3) is 0 Å². The summed E-state index contributed by atoms with van der Waals surface area (Å²) in [5, 5.41) is 48.6. The van der Waals surface area contributed by atoms with Crippen molar-refractivity contribution < 1.29 is 45.7 Å². The second kappa shape index (κ2) is 13.6. The Balaban J connectivity index is 1.50. The Morgan fingerprint density at radius 3 is 2.20 bits per heavy atom. The van der Waals surface area contributed by atoms with E-state index in [0.29, 0.717) is 22.1 Å². The molecule has 0 aliphatic rings. The van der Waals surface area contributed by atoms with Crippen LogP contribution in [-0.2, 0) is 24.4 Å². The normalized spacial score (nSPS) is 11.9. The number of carbonyl (C=O) groups is 1. The number of sulfone groups is 1. The van der Waals surface area contributed by atoms with Crippen LogP contribution in [0.3, 0.4) is 0 Å². The second-order valence-electron chi connectivity index (χ2n) is 9.13. The summed E-state index contributed by atoms with van der Waals surface area (Å²) >= 11 is 0. The minimum atomic E-state index is -4.78. The minimum absolute atomic E-state index is 0.00681. The molecular formula is C27H27N5O10S2. The van der Waals surface area contributed by atoms with Crippen molar-refractivity contribution in [2.75, 3.05) is 35.3 Å². The number of carbonyl (C=O) groups excluding carboxylic acids is 1. The lowest BCUT2D eigenvalue weighted by molar-refractivity contribution is 0.252. The molecule has 232 valence electrons. The van der Waals surface area contributed by atoms with E-state index in [9.17, 15) is 36.9 Å². The number of phenols is 3. The first-order valence-electron chi connectivity index (χ1n) is 12.7. The molecule has 15 nitrogen and oxygen atoms in total. The molecule has 0 bridgehead atoms. The van der Waals surface area contributed by atoms with E-state index in [1.807, 2.05) is 0 Å². The first kappa shape index (κ1) is 32.0. The van der Waals surface area contributed by atoms with Crippen LogP contribution in [0.5, 0.6) is 17.2 Å². The number of nitrogens with zero attached hydrogens (tertiary/aromatic N) is 2. The number of fused-ring (bicyclic) bond motifs is 1. The first-order valence-corrected chi connectivity index (χ1v) is 15.9. The van der Waals surface area contributed by atoms with Crippen LogP contribution < -0.4 is 16.0 Å². The summed E-state index contributed by atoms with van der Waals surface area (Å²) in [6.07, 6.45) is 0. The van der Waals surface area contributed by atoms with E-state index in [0.717, 1.165) is 0 Å². The van der Waals surface area contributed by atoms with Gasteiger partial charge in [-0.2, -0.15) is 8.42 Å². The summed E-state index contributed by atoms with van der Waals surface area (Å²) < 4.78 is 57.5. The third kappa shape index (κ3) is 8.54. The van der Waals surface area contributed by atoms with E-state index in [1.165, 1.54) is 30.3 Å². The van der Waals surface area contributed by atoms with Gasteiger partial charge < -0.3 is 31.3 Å². The van der Waals surface area contributed by atoms with Crippen molar-refractivity contribution in [3.05, 3.63) is 72.8 Å². The molecular weight excluding hydrogens is 618 g/mol. The molecule has 0 fully saturated rings. The van der Waals surface area contributed by atoms with Crippen molar-refractivity contribution in [1.29, 1.82) is 0 Å². The number of nitrogens with one attached hydrogen (secondary N) is 3. The summed E-state index contributed by atoms with van der Waals surface area (Å²) in [6.45, 7) is -1.13. The summed E-state index contributed by atoms with van der Waals surface area (Å²) in [5.74, 6) is -1.70. The highest BCUT2D eigenvalue weighted by Crippen LogP contribution is 2.42. The summed E-state index contributed by atoms with van der Waals surface area (Å²) in [6, 6.07) is 18.2. The molecule has 4 aromatic rings. The fourth-order valence-corrected chi connectivity index (χ4v) is 5.28. The number of phenolic OH excluding ortho intramolecular Hbond substituents is 3. The van der Waals surface area contributed by atoms with Crippen molar-refractivity contribution in [3.8, 4) is 17.2 Å². The van der Waals surface area contributed by atoms with E-state index < -0.39 is 50.1 Å². The van der Waals surface area contributed by atoms with Gasteiger partial charge in [-0.3, -0.25) is 4.55 Å². The van der Waals surface area contributed by atoms with Gasteiger partial charge in [0.1, 0.15) is 22.9 Å². The lowest BCUT2D eigenvalue weighted by Gasteiger charge is -2.13. The van der Waals surface area contributed by atoms with Crippen molar-refractivity contribution >= 4 is 65.5 Å². The zero-order valence-corrected chi connectivity index (χ0v) is 24.3. The number of azo groups is 1. The average Bonchev–Trinajstić information content (AvgIpc) is 2.94. The Hall–Kier alpha value is -4.97. The topological polar surface area (TPSA) is 236 Å². The summed E-state index contributed by atoms with van der Waals surface area (Å²) in [7, 11) is -8.60. The van der Waals surface area contributed by atoms with E-state index in [-0.39, 0.29) is 35.1 Å². The van der Waals surface area contributed by atoms with E-state index >= 15 is 0 Å². The molecule has 0 aliphatic carbocycles. The number of rotatable bonds is 12. The second-order valence-corrected chi connectivity index (χ2v) is 12.5. The average molecular weight is 646 g/mol. The highest BCUT2D eigenvalue weighted by Gasteiger charge is 2.16. The number of aromatic hydroxyl groups is 3. The van der Waals surface area contributed by atoms with Crippen LogP contribution in [0.2, 0.25) is 0 Å². The van der Waals surface area contributed by atoms with Gasteiger partial charge in [0.05, 0.1) is 35.2 Å². The minimum Gasteiger partial charge on any atom is -0.507 e. The van der Waals surface area contributed by atoms with Crippen LogP contribution in [0.1, 0.15) is 0 Å². The summed E-state index contributed by atoms with van der Waals surface area (Å²) in [5.41, 5.74) is 1.01. The molecule has 4 aromatic carbocycles. The number of amides is 2. The van der Waals surface area contributed by atoms with Crippen molar-refractivity contribution in [2.45, 2.75) is 0 Å². The number of urea groups is 1. The van der Waals surface area contributed by atoms with Gasteiger partial charge in [0.2, 0.25) is 0 Å². The Kier molecular flexibility index (Phi) is 9.84. The van der Waals surface area contributed by atoms with Crippen LogP contribution in [0.4, 0.5) is 33.2 Å². The standard InChI is InChI=1S/C27H27N5O10S2/c33-23-10-3-5-18-17(23)11-12-20(29-19-6-1-2-9-24(19)34)25(18)32-31-22-8-4-7-21(26(22)35)30-27(36)28-13-15-43(37,38)16-14-42-44(39,40)41/h1-12,29,33-35H,13-16H2,(H2,28,30,36)(H,39,40,41).